The number of anilines is 1. The van der Waals surface area contributed by atoms with Crippen LogP contribution >= 0.6 is 0 Å². The Hall–Kier alpha value is -1.06. The molecule has 0 heterocycles. The summed E-state index contributed by atoms with van der Waals surface area (Å²) in [7, 11) is 4.07. The first-order valence-electron chi connectivity index (χ1n) is 6.52. The molecule has 1 aromatic carbocycles. The quantitative estimate of drug-likeness (QED) is 0.813. The molecule has 0 aliphatic carbocycles. The lowest BCUT2D eigenvalue weighted by Gasteiger charge is -2.28. The largest absolute Gasteiger partial charge is 0.389 e. The molecule has 0 radical (unpaired) electrons. The van der Waals surface area contributed by atoms with E-state index in [2.05, 4.69) is 34.5 Å². The summed E-state index contributed by atoms with van der Waals surface area (Å²) >= 11 is 0. The van der Waals surface area contributed by atoms with Crippen molar-refractivity contribution in [3.63, 3.8) is 0 Å². The molecule has 3 nitrogen and oxygen atoms in total. The zero-order chi connectivity index (χ0) is 13.8. The zero-order valence-corrected chi connectivity index (χ0v) is 12.2. The van der Waals surface area contributed by atoms with Gasteiger partial charge in [0.05, 0.1) is 5.60 Å². The van der Waals surface area contributed by atoms with Gasteiger partial charge in [0, 0.05) is 32.9 Å². The molecule has 0 spiro atoms. The van der Waals surface area contributed by atoms with Gasteiger partial charge in [-0.25, -0.2) is 0 Å². The molecule has 18 heavy (non-hydrogen) atoms. The van der Waals surface area contributed by atoms with Gasteiger partial charge >= 0.3 is 0 Å². The van der Waals surface area contributed by atoms with Gasteiger partial charge in [-0.3, -0.25) is 0 Å². The lowest BCUT2D eigenvalue weighted by Crippen LogP contribution is -2.41. The van der Waals surface area contributed by atoms with Crippen LogP contribution in [-0.4, -0.2) is 31.3 Å². The normalized spacial score (nSPS) is 14.6. The van der Waals surface area contributed by atoms with Gasteiger partial charge in [0.2, 0.25) is 0 Å². The number of benzene rings is 1. The molecule has 3 heteroatoms. The van der Waals surface area contributed by atoms with Crippen molar-refractivity contribution in [2.75, 3.05) is 25.5 Å². The van der Waals surface area contributed by atoms with Crippen LogP contribution < -0.4 is 10.2 Å². The highest BCUT2D eigenvalue weighted by Crippen LogP contribution is 2.15. The number of nitrogens with zero attached hydrogens (tertiary/aromatic N) is 1. The predicted molar refractivity (Wildman–Crippen MR) is 77.9 cm³/mol. The summed E-state index contributed by atoms with van der Waals surface area (Å²) in [6, 6.07) is 8.45. The van der Waals surface area contributed by atoms with Gasteiger partial charge in [0.1, 0.15) is 0 Å². The molecule has 0 amide bonds. The van der Waals surface area contributed by atoms with Crippen molar-refractivity contribution in [1.29, 1.82) is 0 Å². The highest BCUT2D eigenvalue weighted by molar-refractivity contribution is 5.45. The lowest BCUT2D eigenvalue weighted by atomic mass is 9.92. The molecule has 0 saturated carbocycles. The molecule has 102 valence electrons. The van der Waals surface area contributed by atoms with Gasteiger partial charge in [0.15, 0.2) is 0 Å². The van der Waals surface area contributed by atoms with Crippen molar-refractivity contribution >= 4 is 5.69 Å². The Morgan fingerprint density at radius 3 is 2.22 bits per heavy atom. The standard InChI is InChI=1S/C15H26N2O/c1-12(2)15(3,18)11-16-10-13-6-8-14(9-7-13)17(4)5/h6-9,12,16,18H,10-11H2,1-5H3. The Morgan fingerprint density at radius 1 is 1.22 bits per heavy atom. The van der Waals surface area contributed by atoms with Crippen LogP contribution in [0.5, 0.6) is 0 Å². The number of nitrogens with one attached hydrogen (secondary N) is 1. The van der Waals surface area contributed by atoms with E-state index in [4.69, 9.17) is 0 Å². The van der Waals surface area contributed by atoms with Crippen LogP contribution in [0.3, 0.4) is 0 Å². The SMILES string of the molecule is CC(C)C(C)(O)CNCc1ccc(N(C)C)cc1. The predicted octanol–water partition coefficient (Wildman–Crippen LogP) is 2.25. The van der Waals surface area contributed by atoms with Gasteiger partial charge < -0.3 is 15.3 Å². The highest BCUT2D eigenvalue weighted by atomic mass is 16.3. The number of hydrogen-bond acceptors (Lipinski definition) is 3. The first kappa shape index (κ1) is 15.0. The molecule has 2 N–H and O–H groups in total. The van der Waals surface area contributed by atoms with Gasteiger partial charge in [-0.05, 0) is 30.5 Å². The molecule has 0 aliphatic heterocycles. The fraction of sp³-hybridized carbons (Fsp3) is 0.600. The van der Waals surface area contributed by atoms with E-state index in [0.717, 1.165) is 6.54 Å². The zero-order valence-electron chi connectivity index (χ0n) is 12.2. The monoisotopic (exact) mass is 250 g/mol. The van der Waals surface area contributed by atoms with Gasteiger partial charge in [0.25, 0.3) is 0 Å². The van der Waals surface area contributed by atoms with Crippen molar-refractivity contribution in [3.05, 3.63) is 29.8 Å². The minimum Gasteiger partial charge on any atom is -0.389 e. The van der Waals surface area contributed by atoms with E-state index in [-0.39, 0.29) is 5.92 Å². The third-order valence-electron chi connectivity index (χ3n) is 3.51. The van der Waals surface area contributed by atoms with E-state index in [9.17, 15) is 5.11 Å². The first-order chi connectivity index (χ1) is 8.33. The molecule has 0 aromatic heterocycles. The molecule has 1 unspecified atom stereocenters. The van der Waals surface area contributed by atoms with Crippen molar-refractivity contribution in [2.45, 2.75) is 32.9 Å². The highest BCUT2D eigenvalue weighted by Gasteiger charge is 2.23. The molecule has 0 bridgehead atoms. The van der Waals surface area contributed by atoms with Crippen molar-refractivity contribution < 1.29 is 5.11 Å². The Balaban J connectivity index is 2.45. The van der Waals surface area contributed by atoms with Crippen LogP contribution in [0.2, 0.25) is 0 Å². The van der Waals surface area contributed by atoms with Crippen molar-refractivity contribution in [3.8, 4) is 0 Å². The Bertz CT molecular complexity index is 355. The molecule has 1 rings (SSSR count). The maximum atomic E-state index is 10.1. The Labute approximate surface area is 111 Å². The number of rotatable bonds is 6. The lowest BCUT2D eigenvalue weighted by molar-refractivity contribution is 0.0140. The molecule has 0 aliphatic rings. The van der Waals surface area contributed by atoms with Crippen LogP contribution in [0.15, 0.2) is 24.3 Å². The van der Waals surface area contributed by atoms with E-state index >= 15 is 0 Å². The smallest absolute Gasteiger partial charge is 0.0766 e. The molecule has 1 aromatic rings. The minimum atomic E-state index is -0.649. The summed E-state index contributed by atoms with van der Waals surface area (Å²) < 4.78 is 0. The van der Waals surface area contributed by atoms with E-state index in [1.165, 1.54) is 11.3 Å². The van der Waals surface area contributed by atoms with Crippen molar-refractivity contribution in [1.82, 2.24) is 5.32 Å². The molecule has 1 atom stereocenters. The molecule has 0 saturated heterocycles. The van der Waals surface area contributed by atoms with Crippen molar-refractivity contribution in [2.24, 2.45) is 5.92 Å². The molecule has 0 fully saturated rings. The third-order valence-corrected chi connectivity index (χ3v) is 3.51. The maximum absolute atomic E-state index is 10.1. The summed E-state index contributed by atoms with van der Waals surface area (Å²) in [5.74, 6) is 0.251. The summed E-state index contributed by atoms with van der Waals surface area (Å²) in [6.45, 7) is 7.34. The summed E-state index contributed by atoms with van der Waals surface area (Å²) in [5, 5.41) is 13.4. The minimum absolute atomic E-state index is 0.251. The van der Waals surface area contributed by atoms with Gasteiger partial charge in [-0.15, -0.1) is 0 Å². The third kappa shape index (κ3) is 4.31. The van der Waals surface area contributed by atoms with Gasteiger partial charge in [-0.1, -0.05) is 26.0 Å². The Kier molecular flexibility index (Phi) is 5.17. The molecular formula is C15H26N2O. The second-order valence-corrected chi connectivity index (χ2v) is 5.68. The van der Waals surface area contributed by atoms with E-state index in [0.29, 0.717) is 6.54 Å². The van der Waals surface area contributed by atoms with Crippen LogP contribution in [0.1, 0.15) is 26.3 Å². The average Bonchev–Trinajstić information content (AvgIpc) is 2.29. The van der Waals surface area contributed by atoms with Crippen LogP contribution in [0.25, 0.3) is 0 Å². The summed E-state index contributed by atoms with van der Waals surface area (Å²) in [5.41, 5.74) is 1.79. The van der Waals surface area contributed by atoms with Gasteiger partial charge in [-0.2, -0.15) is 0 Å². The first-order valence-corrected chi connectivity index (χ1v) is 6.52. The number of aliphatic hydroxyl groups is 1. The van der Waals surface area contributed by atoms with Crippen LogP contribution in [-0.2, 0) is 6.54 Å². The van der Waals surface area contributed by atoms with Crippen LogP contribution in [0.4, 0.5) is 5.69 Å². The van der Waals surface area contributed by atoms with E-state index in [1.54, 1.807) is 0 Å². The maximum Gasteiger partial charge on any atom is 0.0766 e. The second kappa shape index (κ2) is 6.21. The van der Waals surface area contributed by atoms with E-state index < -0.39 is 5.60 Å². The summed E-state index contributed by atoms with van der Waals surface area (Å²) in [6.07, 6.45) is 0. The van der Waals surface area contributed by atoms with Crippen LogP contribution in [0, 0.1) is 5.92 Å². The van der Waals surface area contributed by atoms with E-state index in [1.807, 2.05) is 34.9 Å². The number of hydrogen-bond donors (Lipinski definition) is 2. The average molecular weight is 250 g/mol. The molecular weight excluding hydrogens is 224 g/mol. The Morgan fingerprint density at radius 2 is 1.78 bits per heavy atom. The second-order valence-electron chi connectivity index (χ2n) is 5.68. The fourth-order valence-corrected chi connectivity index (χ4v) is 1.58. The topological polar surface area (TPSA) is 35.5 Å². The summed E-state index contributed by atoms with van der Waals surface area (Å²) in [4.78, 5) is 2.08. The fourth-order valence-electron chi connectivity index (χ4n) is 1.58.